The van der Waals surface area contributed by atoms with Crippen LogP contribution in [0.4, 0.5) is 5.69 Å². The van der Waals surface area contributed by atoms with Gasteiger partial charge in [0.05, 0.1) is 0 Å². The molecule has 0 aromatic heterocycles. The summed E-state index contributed by atoms with van der Waals surface area (Å²) in [6.45, 7) is 17.7. The van der Waals surface area contributed by atoms with Gasteiger partial charge in [0.2, 0.25) is 0 Å². The molecule has 0 saturated carbocycles. The molecule has 1 N–H and O–H groups in total. The zero-order valence-corrected chi connectivity index (χ0v) is 33.0. The predicted molar refractivity (Wildman–Crippen MR) is 166 cm³/mol. The molecule has 1 atom stereocenters. The van der Waals surface area contributed by atoms with E-state index in [1.54, 1.807) is 20.2 Å². The van der Waals surface area contributed by atoms with Crippen molar-refractivity contribution in [3.63, 3.8) is 0 Å². The van der Waals surface area contributed by atoms with E-state index in [1.807, 2.05) is 18.5 Å². The number of benzene rings is 2. The van der Waals surface area contributed by atoms with Gasteiger partial charge in [-0.1, -0.05) is 0 Å². The molecule has 0 radical (unpaired) electrons. The minimum absolute atomic E-state index is 0. The van der Waals surface area contributed by atoms with Crippen molar-refractivity contribution in [3.05, 3.63) is 96.9 Å². The van der Waals surface area contributed by atoms with Crippen LogP contribution in [0.1, 0.15) is 65.3 Å². The molecule has 0 spiro atoms. The fourth-order valence-corrected chi connectivity index (χ4v) is 7.75. The second-order valence-electron chi connectivity index (χ2n) is 11.8. The summed E-state index contributed by atoms with van der Waals surface area (Å²) < 4.78 is 36.5. The Balaban J connectivity index is 0.00000484. The molecule has 1 unspecified atom stereocenters. The summed E-state index contributed by atoms with van der Waals surface area (Å²) in [5.74, 6) is 1.61. The molecule has 45 heavy (non-hydrogen) atoms. The summed E-state index contributed by atoms with van der Waals surface area (Å²) in [6, 6.07) is 8.96. The van der Waals surface area contributed by atoms with Crippen molar-refractivity contribution in [3.8, 4) is 0 Å². The summed E-state index contributed by atoms with van der Waals surface area (Å²) >= 11 is 2.52. The van der Waals surface area contributed by atoms with Gasteiger partial charge in [-0.25, -0.2) is 0 Å². The zero-order valence-electron chi connectivity index (χ0n) is 27.4. The van der Waals surface area contributed by atoms with Crippen molar-refractivity contribution < 1.29 is 80.6 Å². The minimum Gasteiger partial charge on any atom is -1.00 e. The van der Waals surface area contributed by atoms with Crippen LogP contribution in [0.2, 0.25) is 0 Å². The van der Waals surface area contributed by atoms with Gasteiger partial charge in [0, 0.05) is 0 Å². The van der Waals surface area contributed by atoms with Crippen LogP contribution in [-0.2, 0) is 32.6 Å². The van der Waals surface area contributed by atoms with Gasteiger partial charge in [-0.3, -0.25) is 0 Å². The molecule has 12 heteroatoms. The SMILES string of the molecule is Cc1cc(C)c(C2CNC(=C3CC(S(=O)(=O)N(C)C)=CC([CH]=[Ru+4])=C3OC(C)C)N2c2c(C)cc(C)cc2C)c(C)c1.[Cl-].[Cl-].[Cl-].[Cl-]. The Hall–Kier alpha value is -1.38. The number of allylic oxidation sites excluding steroid dienone is 4. The third-order valence-electron chi connectivity index (χ3n) is 7.73. The van der Waals surface area contributed by atoms with Gasteiger partial charge in [0.25, 0.3) is 0 Å². The third kappa shape index (κ3) is 8.76. The first-order valence-electron chi connectivity index (χ1n) is 14.1. The van der Waals surface area contributed by atoms with E-state index in [0.717, 1.165) is 22.7 Å². The number of nitrogens with zero attached hydrogens (tertiary/aromatic N) is 2. The average molecular weight is 805 g/mol. The van der Waals surface area contributed by atoms with Crippen molar-refractivity contribution in [2.75, 3.05) is 25.5 Å². The third-order valence-corrected chi connectivity index (χ3v) is 10.2. The second kappa shape index (κ2) is 17.1. The molecule has 2 aliphatic rings. The number of sulfonamides is 1. The van der Waals surface area contributed by atoms with E-state index in [-0.39, 0.29) is 68.2 Å². The van der Waals surface area contributed by atoms with E-state index >= 15 is 0 Å². The van der Waals surface area contributed by atoms with Crippen LogP contribution in [-0.4, -0.2) is 44.1 Å². The van der Waals surface area contributed by atoms with Gasteiger partial charge in [0.15, 0.2) is 0 Å². The fraction of sp³-hybridized carbons (Fsp3) is 0.424. The second-order valence-corrected chi connectivity index (χ2v) is 14.5. The molecule has 0 amide bonds. The number of hydrogen-bond donors (Lipinski definition) is 1. The van der Waals surface area contributed by atoms with Crippen molar-refractivity contribution in [1.82, 2.24) is 9.62 Å². The topological polar surface area (TPSA) is 61.9 Å². The van der Waals surface area contributed by atoms with Crippen LogP contribution in [0.25, 0.3) is 0 Å². The molecule has 2 aromatic rings. The molecule has 2 aromatic carbocycles. The van der Waals surface area contributed by atoms with Crippen LogP contribution >= 0.6 is 0 Å². The number of rotatable bonds is 7. The van der Waals surface area contributed by atoms with Crippen molar-refractivity contribution in [2.45, 2.75) is 74.0 Å². The normalized spacial score (nSPS) is 17.9. The summed E-state index contributed by atoms with van der Waals surface area (Å²) in [6.07, 6.45) is 1.89. The van der Waals surface area contributed by atoms with Gasteiger partial charge in [-0.05, 0) is 0 Å². The Morgan fingerprint density at radius 1 is 0.911 bits per heavy atom. The maximum absolute atomic E-state index is 13.5. The van der Waals surface area contributed by atoms with Crippen LogP contribution < -0.4 is 59.8 Å². The molecular weight excluding hydrogens is 761 g/mol. The number of halogens is 4. The van der Waals surface area contributed by atoms with Crippen molar-refractivity contribution in [2.24, 2.45) is 0 Å². The van der Waals surface area contributed by atoms with E-state index in [0.29, 0.717) is 17.2 Å². The summed E-state index contributed by atoms with van der Waals surface area (Å²) in [4.78, 5) is 2.75. The Morgan fingerprint density at radius 3 is 1.84 bits per heavy atom. The van der Waals surface area contributed by atoms with Crippen molar-refractivity contribution in [1.29, 1.82) is 0 Å². The molecule has 4 rings (SSSR count). The van der Waals surface area contributed by atoms with Crippen molar-refractivity contribution >= 4 is 20.3 Å². The molecule has 1 saturated heterocycles. The number of anilines is 1. The Labute approximate surface area is 305 Å². The average Bonchev–Trinajstić information content (AvgIpc) is 3.26. The maximum atomic E-state index is 13.5. The van der Waals surface area contributed by atoms with E-state index in [4.69, 9.17) is 4.74 Å². The summed E-state index contributed by atoms with van der Waals surface area (Å²) in [5.41, 5.74) is 11.3. The molecule has 1 heterocycles. The molecule has 6 nitrogen and oxygen atoms in total. The Bertz CT molecular complexity index is 1570. The smallest absolute Gasteiger partial charge is 1.00 e. The van der Waals surface area contributed by atoms with Gasteiger partial charge in [-0.2, -0.15) is 0 Å². The molecule has 1 fully saturated rings. The molecule has 1 aliphatic carbocycles. The molecule has 250 valence electrons. The first-order valence-corrected chi connectivity index (χ1v) is 16.5. The zero-order chi connectivity index (χ0) is 30.4. The van der Waals surface area contributed by atoms with E-state index in [2.05, 4.69) is 93.9 Å². The van der Waals surface area contributed by atoms with Crippen LogP contribution in [0, 0.1) is 41.5 Å². The first kappa shape index (κ1) is 43.6. The number of nitrogens with one attached hydrogen (secondary N) is 1. The maximum Gasteiger partial charge on any atom is -1.00 e. The number of aryl methyl sites for hydroxylation is 6. The van der Waals surface area contributed by atoms with Crippen LogP contribution in [0.15, 0.2) is 58.0 Å². The first-order chi connectivity index (χ1) is 19.2. The van der Waals surface area contributed by atoms with E-state index < -0.39 is 10.0 Å². The molecule has 1 aliphatic heterocycles. The number of ether oxygens (including phenoxy) is 1. The number of hydrogen-bond acceptors (Lipinski definition) is 5. The van der Waals surface area contributed by atoms with E-state index in [9.17, 15) is 8.42 Å². The van der Waals surface area contributed by atoms with Gasteiger partial charge < -0.3 is 49.6 Å². The van der Waals surface area contributed by atoms with Gasteiger partial charge >= 0.3 is 257 Å². The monoisotopic (exact) mass is 803 g/mol. The minimum atomic E-state index is -3.65. The standard InChI is InChI=1S/C33H43N3O3S.4ClH.Ru/c1-19(2)39-32-26(9)16-27(40(37,38)35(10)11)17-28(32)33-34-18-29(30-22(5)12-20(3)13-23(30)6)36(33)31-24(7)14-21(4)15-25(31)8;;;;;/h9,12-16,19,29,34H,17-18H2,1-8,10-11H3;4*1H;/q;;;;;+4/p-4. The Morgan fingerprint density at radius 2 is 1.40 bits per heavy atom. The summed E-state index contributed by atoms with van der Waals surface area (Å²) in [5, 5.41) is 3.75. The van der Waals surface area contributed by atoms with Crippen LogP contribution in [0.3, 0.4) is 0 Å². The van der Waals surface area contributed by atoms with E-state index in [1.165, 1.54) is 43.2 Å². The molecule has 0 bridgehead atoms. The fourth-order valence-electron chi connectivity index (χ4n) is 6.31. The van der Waals surface area contributed by atoms with Crippen LogP contribution in [0.5, 0.6) is 0 Å². The summed E-state index contributed by atoms with van der Waals surface area (Å²) in [7, 11) is -0.490. The predicted octanol–water partition coefficient (Wildman–Crippen LogP) is -5.88. The Kier molecular flexibility index (Phi) is 16.6. The quantitative estimate of drug-likeness (QED) is 0.283. The molecular formula is C33H43Cl4N3O3RuS. The van der Waals surface area contributed by atoms with Gasteiger partial charge in [0.1, 0.15) is 0 Å². The van der Waals surface area contributed by atoms with Gasteiger partial charge in [-0.15, -0.1) is 0 Å². The largest absolute Gasteiger partial charge is 1.00 e.